The molecule has 0 unspecified atom stereocenters. The average molecular weight is 258 g/mol. The van der Waals surface area contributed by atoms with E-state index in [4.69, 9.17) is 5.11 Å². The van der Waals surface area contributed by atoms with Crippen LogP contribution in [0.5, 0.6) is 0 Å². The van der Waals surface area contributed by atoms with E-state index in [0.29, 0.717) is 0 Å². The van der Waals surface area contributed by atoms with E-state index in [1.807, 2.05) is 0 Å². The van der Waals surface area contributed by atoms with Crippen LogP contribution in [0.2, 0.25) is 0 Å². The Bertz CT molecular complexity index is 258. The van der Waals surface area contributed by atoms with Crippen LogP contribution in [0.15, 0.2) is 0 Å². The van der Waals surface area contributed by atoms with Gasteiger partial charge in [0.25, 0.3) is 0 Å². The fraction of sp³-hybridized carbons (Fsp3) is 0.778. The molecule has 0 saturated carbocycles. The van der Waals surface area contributed by atoms with Crippen molar-refractivity contribution in [1.29, 1.82) is 0 Å². The van der Waals surface area contributed by atoms with Crippen LogP contribution >= 0.6 is 0 Å². The maximum Gasteiger partial charge on any atom is 0.415 e. The van der Waals surface area contributed by atoms with Crippen molar-refractivity contribution < 1.29 is 37.3 Å². The zero-order chi connectivity index (χ0) is 13.6. The first-order chi connectivity index (χ1) is 7.75. The third kappa shape index (κ3) is 4.59. The first-order valence-electron chi connectivity index (χ1n) is 4.83. The Morgan fingerprint density at radius 3 is 1.71 bits per heavy atom. The van der Waals surface area contributed by atoms with Crippen molar-refractivity contribution in [3.8, 4) is 0 Å². The Hall–Kier alpha value is -1.31. The van der Waals surface area contributed by atoms with Gasteiger partial charge in [-0.25, -0.2) is 0 Å². The molecule has 1 atom stereocenters. The van der Waals surface area contributed by atoms with Crippen LogP contribution < -0.4 is 0 Å². The molecule has 17 heavy (non-hydrogen) atoms. The van der Waals surface area contributed by atoms with Gasteiger partial charge < -0.3 is 14.6 Å². The Kier molecular flexibility index (Phi) is 5.94. The Morgan fingerprint density at radius 1 is 1.12 bits per heavy atom. The van der Waals surface area contributed by atoms with E-state index in [-0.39, 0.29) is 13.2 Å². The number of halogens is 3. The van der Waals surface area contributed by atoms with Crippen molar-refractivity contribution in [3.05, 3.63) is 0 Å². The van der Waals surface area contributed by atoms with Gasteiger partial charge in [0.1, 0.15) is 0 Å². The van der Waals surface area contributed by atoms with Crippen molar-refractivity contribution in [3.63, 3.8) is 0 Å². The third-order valence-electron chi connectivity index (χ3n) is 1.73. The molecule has 0 heterocycles. The summed E-state index contributed by atoms with van der Waals surface area (Å²) >= 11 is 0. The summed E-state index contributed by atoms with van der Waals surface area (Å²) in [6.07, 6.45) is -8.25. The van der Waals surface area contributed by atoms with E-state index in [1.165, 1.54) is 13.8 Å². The molecular formula is C9H13F3O5. The molecule has 8 heteroatoms. The van der Waals surface area contributed by atoms with E-state index < -0.39 is 30.1 Å². The summed E-state index contributed by atoms with van der Waals surface area (Å²) < 4.78 is 45.3. The van der Waals surface area contributed by atoms with Crippen molar-refractivity contribution in [2.75, 3.05) is 13.2 Å². The number of ether oxygens (including phenoxy) is 2. The molecule has 1 N–H and O–H groups in total. The molecule has 0 radical (unpaired) electrons. The lowest BCUT2D eigenvalue weighted by molar-refractivity contribution is -0.227. The maximum absolute atomic E-state index is 12.2. The van der Waals surface area contributed by atoms with E-state index in [1.54, 1.807) is 0 Å². The topological polar surface area (TPSA) is 72.8 Å². The van der Waals surface area contributed by atoms with Gasteiger partial charge in [-0.05, 0) is 13.8 Å². The molecule has 0 fully saturated rings. The Morgan fingerprint density at radius 2 is 1.47 bits per heavy atom. The summed E-state index contributed by atoms with van der Waals surface area (Å²) in [6.45, 7) is 2.30. The normalized spacial score (nSPS) is 13.4. The average Bonchev–Trinajstić information content (AvgIpc) is 2.17. The molecule has 0 rings (SSSR count). The number of rotatable bonds is 5. The molecule has 0 spiro atoms. The van der Waals surface area contributed by atoms with E-state index in [9.17, 15) is 22.8 Å². The summed E-state index contributed by atoms with van der Waals surface area (Å²) in [7, 11) is 0. The van der Waals surface area contributed by atoms with Crippen molar-refractivity contribution >= 4 is 11.9 Å². The van der Waals surface area contributed by atoms with Gasteiger partial charge >= 0.3 is 18.1 Å². The minimum Gasteiger partial charge on any atom is -0.465 e. The third-order valence-corrected chi connectivity index (χ3v) is 1.73. The van der Waals surface area contributed by atoms with E-state index in [2.05, 4.69) is 9.47 Å². The molecule has 0 bridgehead atoms. The Balaban J connectivity index is 4.97. The second-order valence-electron chi connectivity index (χ2n) is 2.97. The predicted octanol–water partition coefficient (Wildman–Crippen LogP) is 0.652. The largest absolute Gasteiger partial charge is 0.465 e. The van der Waals surface area contributed by atoms with Crippen molar-refractivity contribution in [1.82, 2.24) is 0 Å². The van der Waals surface area contributed by atoms with Gasteiger partial charge in [0.15, 0.2) is 12.0 Å². The fourth-order valence-corrected chi connectivity index (χ4v) is 1.01. The molecule has 0 aromatic carbocycles. The number of aliphatic hydroxyl groups excluding tert-OH is 1. The lowest BCUT2D eigenvalue weighted by Crippen LogP contribution is -2.45. The van der Waals surface area contributed by atoms with Crippen LogP contribution in [0.4, 0.5) is 13.2 Å². The standard InChI is InChI=1S/C9H13F3O5/c1-3-16-7(14)5(8(15)17-4-2)6(13)9(10,11)12/h5-6,13H,3-4H2,1-2H3/t6-/m0/s1. The summed E-state index contributed by atoms with van der Waals surface area (Å²) in [5, 5.41) is 8.91. The molecule has 0 aromatic rings. The van der Waals surface area contributed by atoms with Crippen molar-refractivity contribution in [2.24, 2.45) is 5.92 Å². The van der Waals surface area contributed by atoms with Gasteiger partial charge in [-0.3, -0.25) is 9.59 Å². The molecule has 100 valence electrons. The molecule has 0 aliphatic rings. The van der Waals surface area contributed by atoms with Gasteiger partial charge in [-0.1, -0.05) is 0 Å². The molecule has 0 saturated heterocycles. The highest BCUT2D eigenvalue weighted by atomic mass is 19.4. The molecule has 0 aromatic heterocycles. The fourth-order valence-electron chi connectivity index (χ4n) is 1.01. The lowest BCUT2D eigenvalue weighted by Gasteiger charge is -2.21. The van der Waals surface area contributed by atoms with Crippen LogP contribution in [0, 0.1) is 5.92 Å². The van der Waals surface area contributed by atoms with Crippen LogP contribution in [-0.4, -0.2) is 42.5 Å². The molecule has 5 nitrogen and oxygen atoms in total. The predicted molar refractivity (Wildman–Crippen MR) is 48.8 cm³/mol. The molecule has 0 amide bonds. The van der Waals surface area contributed by atoms with E-state index in [0.717, 1.165) is 0 Å². The van der Waals surface area contributed by atoms with Crippen LogP contribution in [0.1, 0.15) is 13.8 Å². The van der Waals surface area contributed by atoms with E-state index >= 15 is 0 Å². The SMILES string of the molecule is CCOC(=O)C(C(=O)OCC)[C@H](O)C(F)(F)F. The number of esters is 2. The summed E-state index contributed by atoms with van der Waals surface area (Å²) in [5.74, 6) is -5.33. The number of carbonyl (C=O) groups excluding carboxylic acids is 2. The highest BCUT2D eigenvalue weighted by Gasteiger charge is 2.51. The van der Waals surface area contributed by atoms with Crippen LogP contribution in [0.25, 0.3) is 0 Å². The molecular weight excluding hydrogens is 245 g/mol. The first kappa shape index (κ1) is 15.7. The first-order valence-corrected chi connectivity index (χ1v) is 4.83. The molecule has 0 aliphatic heterocycles. The number of hydrogen-bond donors (Lipinski definition) is 1. The van der Waals surface area contributed by atoms with Gasteiger partial charge in [-0.2, -0.15) is 13.2 Å². The van der Waals surface area contributed by atoms with Gasteiger partial charge in [0, 0.05) is 0 Å². The summed E-state index contributed by atoms with van der Waals surface area (Å²) in [5.41, 5.74) is 0. The zero-order valence-corrected chi connectivity index (χ0v) is 9.28. The van der Waals surface area contributed by atoms with Gasteiger partial charge in [0.2, 0.25) is 0 Å². The minimum atomic E-state index is -5.11. The highest BCUT2D eigenvalue weighted by molar-refractivity contribution is 5.95. The lowest BCUT2D eigenvalue weighted by atomic mass is 10.0. The summed E-state index contributed by atoms with van der Waals surface area (Å²) in [6, 6.07) is 0. The van der Waals surface area contributed by atoms with Crippen molar-refractivity contribution in [2.45, 2.75) is 26.1 Å². The number of carbonyl (C=O) groups is 2. The minimum absolute atomic E-state index is 0.209. The summed E-state index contributed by atoms with van der Waals surface area (Å²) in [4.78, 5) is 22.3. The number of hydrogen-bond acceptors (Lipinski definition) is 5. The van der Waals surface area contributed by atoms with Crippen LogP contribution in [-0.2, 0) is 19.1 Å². The molecule has 0 aliphatic carbocycles. The van der Waals surface area contributed by atoms with Gasteiger partial charge in [-0.15, -0.1) is 0 Å². The second-order valence-corrected chi connectivity index (χ2v) is 2.97. The number of aliphatic hydroxyl groups is 1. The zero-order valence-electron chi connectivity index (χ0n) is 9.28. The van der Waals surface area contributed by atoms with Gasteiger partial charge in [0.05, 0.1) is 13.2 Å². The highest BCUT2D eigenvalue weighted by Crippen LogP contribution is 2.27. The second kappa shape index (κ2) is 6.43. The smallest absolute Gasteiger partial charge is 0.415 e. The number of alkyl halides is 3. The maximum atomic E-state index is 12.2. The monoisotopic (exact) mass is 258 g/mol. The quantitative estimate of drug-likeness (QED) is 0.579. The van der Waals surface area contributed by atoms with Crippen LogP contribution in [0.3, 0.4) is 0 Å². The Labute approximate surface area is 95.5 Å².